The SMILES string of the molecule is CC(=O)Nc1ccc(NC(=O)c2ccc(Nc3ccc(N(C)C)cc3)cn2)cc1. The number of amides is 2. The van der Waals surface area contributed by atoms with Gasteiger partial charge < -0.3 is 20.9 Å². The summed E-state index contributed by atoms with van der Waals surface area (Å²) in [6.45, 7) is 1.44. The van der Waals surface area contributed by atoms with Crippen molar-refractivity contribution in [3.63, 3.8) is 0 Å². The predicted molar refractivity (Wildman–Crippen MR) is 117 cm³/mol. The lowest BCUT2D eigenvalue weighted by atomic mass is 10.2. The summed E-state index contributed by atoms with van der Waals surface area (Å²) in [6, 6.07) is 18.4. The maximum atomic E-state index is 12.4. The standard InChI is InChI=1S/C22H23N5O2/c1-15(28)24-16-4-6-18(7-5-16)26-22(29)21-13-10-19(14-23-21)25-17-8-11-20(12-9-17)27(2)3/h4-14,25H,1-3H3,(H,24,28)(H,26,29). The number of rotatable bonds is 6. The van der Waals surface area contributed by atoms with E-state index in [1.54, 1.807) is 36.5 Å². The van der Waals surface area contributed by atoms with Gasteiger partial charge in [0.05, 0.1) is 11.9 Å². The molecule has 3 rings (SSSR count). The first-order chi connectivity index (χ1) is 13.9. The number of hydrogen-bond acceptors (Lipinski definition) is 5. The molecule has 148 valence electrons. The van der Waals surface area contributed by atoms with Crippen LogP contribution < -0.4 is 20.9 Å². The molecule has 0 spiro atoms. The molecule has 7 nitrogen and oxygen atoms in total. The summed E-state index contributed by atoms with van der Waals surface area (Å²) in [5.41, 5.74) is 4.44. The van der Waals surface area contributed by atoms with E-state index in [9.17, 15) is 9.59 Å². The second kappa shape index (κ2) is 8.88. The number of nitrogens with zero attached hydrogens (tertiary/aromatic N) is 2. The van der Waals surface area contributed by atoms with E-state index in [1.165, 1.54) is 6.92 Å². The summed E-state index contributed by atoms with van der Waals surface area (Å²) in [7, 11) is 3.99. The normalized spacial score (nSPS) is 10.2. The van der Waals surface area contributed by atoms with Gasteiger partial charge in [0.1, 0.15) is 5.69 Å². The van der Waals surface area contributed by atoms with Crippen LogP contribution in [0.25, 0.3) is 0 Å². The fourth-order valence-electron chi connectivity index (χ4n) is 2.65. The van der Waals surface area contributed by atoms with Crippen molar-refractivity contribution < 1.29 is 9.59 Å². The number of aromatic nitrogens is 1. The van der Waals surface area contributed by atoms with Gasteiger partial charge in [-0.15, -0.1) is 0 Å². The number of benzene rings is 2. The van der Waals surface area contributed by atoms with Gasteiger partial charge in [-0.05, 0) is 60.7 Å². The smallest absolute Gasteiger partial charge is 0.274 e. The molecule has 2 amide bonds. The Hall–Kier alpha value is -3.87. The third-order valence-electron chi connectivity index (χ3n) is 4.13. The number of hydrogen-bond donors (Lipinski definition) is 3. The molecule has 0 aliphatic carbocycles. The van der Waals surface area contributed by atoms with E-state index < -0.39 is 0 Å². The van der Waals surface area contributed by atoms with E-state index in [0.29, 0.717) is 17.1 Å². The van der Waals surface area contributed by atoms with Gasteiger partial charge in [-0.2, -0.15) is 0 Å². The maximum absolute atomic E-state index is 12.4. The Morgan fingerprint density at radius 2 is 1.31 bits per heavy atom. The molecule has 1 aromatic heterocycles. The first-order valence-corrected chi connectivity index (χ1v) is 9.10. The Kier molecular flexibility index (Phi) is 6.09. The van der Waals surface area contributed by atoms with Crippen LogP contribution in [0.4, 0.5) is 28.4 Å². The Labute approximate surface area is 169 Å². The number of pyridine rings is 1. The third kappa shape index (κ3) is 5.55. The van der Waals surface area contributed by atoms with Crippen LogP contribution in [0.3, 0.4) is 0 Å². The molecule has 0 saturated carbocycles. The lowest BCUT2D eigenvalue weighted by Crippen LogP contribution is -2.13. The molecule has 29 heavy (non-hydrogen) atoms. The van der Waals surface area contributed by atoms with Crippen molar-refractivity contribution in [2.24, 2.45) is 0 Å². The molecule has 0 fully saturated rings. The van der Waals surface area contributed by atoms with Gasteiger partial charge in [0.15, 0.2) is 0 Å². The average Bonchev–Trinajstić information content (AvgIpc) is 2.70. The van der Waals surface area contributed by atoms with Gasteiger partial charge in [-0.3, -0.25) is 9.59 Å². The first-order valence-electron chi connectivity index (χ1n) is 9.10. The van der Waals surface area contributed by atoms with Crippen LogP contribution in [0.5, 0.6) is 0 Å². The molecular formula is C22H23N5O2. The van der Waals surface area contributed by atoms with E-state index in [0.717, 1.165) is 17.1 Å². The van der Waals surface area contributed by atoms with Crippen molar-refractivity contribution >= 4 is 40.3 Å². The topological polar surface area (TPSA) is 86.4 Å². The number of nitrogens with one attached hydrogen (secondary N) is 3. The highest BCUT2D eigenvalue weighted by Gasteiger charge is 2.08. The van der Waals surface area contributed by atoms with Crippen LogP contribution in [0.15, 0.2) is 66.9 Å². The van der Waals surface area contributed by atoms with Gasteiger partial charge in [0, 0.05) is 43.8 Å². The lowest BCUT2D eigenvalue weighted by Gasteiger charge is -2.13. The highest BCUT2D eigenvalue weighted by Crippen LogP contribution is 2.20. The molecule has 0 unspecified atom stereocenters. The van der Waals surface area contributed by atoms with Crippen LogP contribution in [-0.4, -0.2) is 30.9 Å². The van der Waals surface area contributed by atoms with Crippen LogP contribution >= 0.6 is 0 Å². The largest absolute Gasteiger partial charge is 0.378 e. The van der Waals surface area contributed by atoms with Crippen molar-refractivity contribution in [2.75, 3.05) is 34.9 Å². The summed E-state index contributed by atoms with van der Waals surface area (Å²) < 4.78 is 0. The van der Waals surface area contributed by atoms with Crippen molar-refractivity contribution in [1.29, 1.82) is 0 Å². The zero-order valence-electron chi connectivity index (χ0n) is 16.6. The summed E-state index contributed by atoms with van der Waals surface area (Å²) in [5.74, 6) is -0.451. The molecule has 0 aliphatic rings. The monoisotopic (exact) mass is 389 g/mol. The molecule has 3 aromatic rings. The van der Waals surface area contributed by atoms with Gasteiger partial charge >= 0.3 is 0 Å². The minimum Gasteiger partial charge on any atom is -0.378 e. The Morgan fingerprint density at radius 3 is 1.83 bits per heavy atom. The minimum atomic E-state index is -0.306. The molecule has 0 aliphatic heterocycles. The van der Waals surface area contributed by atoms with Crippen molar-refractivity contribution in [2.45, 2.75) is 6.92 Å². The minimum absolute atomic E-state index is 0.145. The summed E-state index contributed by atoms with van der Waals surface area (Å²) >= 11 is 0. The first kappa shape index (κ1) is 19.9. The molecule has 7 heteroatoms. The zero-order chi connectivity index (χ0) is 20.8. The van der Waals surface area contributed by atoms with Gasteiger partial charge in [-0.1, -0.05) is 0 Å². The van der Waals surface area contributed by atoms with E-state index in [2.05, 4.69) is 20.9 Å². The van der Waals surface area contributed by atoms with E-state index in [1.807, 2.05) is 49.3 Å². The quantitative estimate of drug-likeness (QED) is 0.591. The second-order valence-corrected chi connectivity index (χ2v) is 6.71. The highest BCUT2D eigenvalue weighted by atomic mass is 16.2. The molecule has 0 radical (unpaired) electrons. The molecule has 0 atom stereocenters. The molecule has 2 aromatic carbocycles. The molecule has 0 bridgehead atoms. The third-order valence-corrected chi connectivity index (χ3v) is 4.13. The van der Waals surface area contributed by atoms with Gasteiger partial charge in [0.25, 0.3) is 5.91 Å². The summed E-state index contributed by atoms with van der Waals surface area (Å²) in [5, 5.41) is 8.72. The summed E-state index contributed by atoms with van der Waals surface area (Å²) in [4.78, 5) is 29.7. The van der Waals surface area contributed by atoms with E-state index in [-0.39, 0.29) is 11.8 Å². The van der Waals surface area contributed by atoms with Crippen LogP contribution in [-0.2, 0) is 4.79 Å². The number of carbonyl (C=O) groups excluding carboxylic acids is 2. The molecule has 0 saturated heterocycles. The number of carbonyl (C=O) groups is 2. The van der Waals surface area contributed by atoms with Crippen molar-refractivity contribution in [1.82, 2.24) is 4.98 Å². The van der Waals surface area contributed by atoms with E-state index >= 15 is 0 Å². The number of anilines is 5. The Morgan fingerprint density at radius 1 is 0.759 bits per heavy atom. The Bertz CT molecular complexity index is 981. The average molecular weight is 389 g/mol. The van der Waals surface area contributed by atoms with Crippen LogP contribution in [0.2, 0.25) is 0 Å². The molecular weight excluding hydrogens is 366 g/mol. The van der Waals surface area contributed by atoms with Crippen molar-refractivity contribution in [3.05, 3.63) is 72.6 Å². The van der Waals surface area contributed by atoms with Gasteiger partial charge in [0.2, 0.25) is 5.91 Å². The summed E-state index contributed by atoms with van der Waals surface area (Å²) in [6.07, 6.45) is 1.62. The molecule has 3 N–H and O–H groups in total. The lowest BCUT2D eigenvalue weighted by molar-refractivity contribution is -0.114. The zero-order valence-corrected chi connectivity index (χ0v) is 16.6. The fraction of sp³-hybridized carbons (Fsp3) is 0.136. The van der Waals surface area contributed by atoms with Crippen LogP contribution in [0, 0.1) is 0 Å². The predicted octanol–water partition coefficient (Wildman–Crippen LogP) is 4.10. The second-order valence-electron chi connectivity index (χ2n) is 6.71. The van der Waals surface area contributed by atoms with Crippen molar-refractivity contribution in [3.8, 4) is 0 Å². The van der Waals surface area contributed by atoms with Gasteiger partial charge in [-0.25, -0.2) is 4.98 Å². The fourth-order valence-corrected chi connectivity index (χ4v) is 2.65. The van der Waals surface area contributed by atoms with Crippen LogP contribution in [0.1, 0.15) is 17.4 Å². The maximum Gasteiger partial charge on any atom is 0.274 e. The highest BCUT2D eigenvalue weighted by molar-refractivity contribution is 6.03. The van der Waals surface area contributed by atoms with E-state index in [4.69, 9.17) is 0 Å². The molecule has 1 heterocycles. The Balaban J connectivity index is 1.60.